The Hall–Kier alpha value is -1.88. The largest absolute Gasteiger partial charge is 0.469 e. The highest BCUT2D eigenvalue weighted by Crippen LogP contribution is 2.14. The molecule has 0 aromatic heterocycles. The number of amides is 1. The summed E-state index contributed by atoms with van der Waals surface area (Å²) in [7, 11) is 1.33. The lowest BCUT2D eigenvalue weighted by atomic mass is 10.1. The van der Waals surface area contributed by atoms with Gasteiger partial charge in [-0.25, -0.2) is 0 Å². The lowest BCUT2D eigenvalue weighted by Gasteiger charge is -2.33. The van der Waals surface area contributed by atoms with Crippen molar-refractivity contribution in [2.75, 3.05) is 26.8 Å². The van der Waals surface area contributed by atoms with Gasteiger partial charge in [0.15, 0.2) is 0 Å². The second kappa shape index (κ2) is 8.54. The van der Waals surface area contributed by atoms with Crippen molar-refractivity contribution in [1.82, 2.24) is 4.90 Å². The molecule has 0 bridgehead atoms. The third kappa shape index (κ3) is 5.15. The highest BCUT2D eigenvalue weighted by Gasteiger charge is 2.24. The number of hydrogen-bond donors (Lipinski definition) is 0. The summed E-state index contributed by atoms with van der Waals surface area (Å²) in [6.45, 7) is 1.76. The van der Waals surface area contributed by atoms with Crippen molar-refractivity contribution >= 4 is 11.9 Å². The molecule has 22 heavy (non-hydrogen) atoms. The quantitative estimate of drug-likeness (QED) is 0.752. The van der Waals surface area contributed by atoms with Crippen LogP contribution in [0.3, 0.4) is 0 Å². The third-order valence-corrected chi connectivity index (χ3v) is 3.86. The highest BCUT2D eigenvalue weighted by molar-refractivity contribution is 5.81. The molecule has 1 fully saturated rings. The van der Waals surface area contributed by atoms with E-state index in [4.69, 9.17) is 4.74 Å². The molecule has 5 nitrogen and oxygen atoms in total. The molecule has 120 valence electrons. The number of rotatable bonds is 6. The van der Waals surface area contributed by atoms with Crippen LogP contribution in [0.15, 0.2) is 30.3 Å². The monoisotopic (exact) mass is 305 g/mol. The van der Waals surface area contributed by atoms with Gasteiger partial charge in [-0.2, -0.15) is 0 Å². The number of carbonyl (C=O) groups is 2. The number of carbonyl (C=O) groups excluding carboxylic acids is 2. The maximum atomic E-state index is 12.1. The Morgan fingerprint density at radius 2 is 2.05 bits per heavy atom. The molecule has 0 saturated carbocycles. The number of esters is 1. The second-order valence-electron chi connectivity index (χ2n) is 5.43. The molecule has 1 unspecified atom stereocenters. The fourth-order valence-electron chi connectivity index (χ4n) is 2.56. The van der Waals surface area contributed by atoms with Gasteiger partial charge in [0, 0.05) is 19.5 Å². The fraction of sp³-hybridized carbons (Fsp3) is 0.529. The van der Waals surface area contributed by atoms with E-state index in [-0.39, 0.29) is 30.8 Å². The number of morpholine rings is 1. The zero-order valence-corrected chi connectivity index (χ0v) is 13.0. The molecule has 1 atom stereocenters. The summed E-state index contributed by atoms with van der Waals surface area (Å²) in [5, 5.41) is 0. The molecule has 0 spiro atoms. The Balaban J connectivity index is 1.76. The first-order chi connectivity index (χ1) is 10.7. The first kappa shape index (κ1) is 16.5. The van der Waals surface area contributed by atoms with Gasteiger partial charge in [0.2, 0.25) is 5.91 Å². The maximum absolute atomic E-state index is 12.1. The molecule has 1 saturated heterocycles. The lowest BCUT2D eigenvalue weighted by molar-refractivity contribution is -0.146. The number of benzene rings is 1. The number of hydrogen-bond acceptors (Lipinski definition) is 4. The molecule has 0 radical (unpaired) electrons. The van der Waals surface area contributed by atoms with E-state index < -0.39 is 0 Å². The summed E-state index contributed by atoms with van der Waals surface area (Å²) in [4.78, 5) is 25.0. The Labute approximate surface area is 131 Å². The normalized spacial score (nSPS) is 18.0. The molecule has 1 heterocycles. The molecule has 1 aromatic carbocycles. The molecule has 1 aliphatic rings. The van der Waals surface area contributed by atoms with Crippen LogP contribution < -0.4 is 0 Å². The van der Waals surface area contributed by atoms with Gasteiger partial charge in [-0.15, -0.1) is 0 Å². The minimum Gasteiger partial charge on any atom is -0.469 e. The van der Waals surface area contributed by atoms with E-state index in [1.165, 1.54) is 12.7 Å². The lowest BCUT2D eigenvalue weighted by Crippen LogP contribution is -2.45. The van der Waals surface area contributed by atoms with Crippen molar-refractivity contribution in [3.8, 4) is 0 Å². The summed E-state index contributed by atoms with van der Waals surface area (Å²) < 4.78 is 10.3. The molecule has 1 aromatic rings. The maximum Gasteiger partial charge on any atom is 0.306 e. The van der Waals surface area contributed by atoms with Crippen molar-refractivity contribution in [2.24, 2.45) is 0 Å². The van der Waals surface area contributed by atoms with Crippen LogP contribution in [0.25, 0.3) is 0 Å². The standard InChI is InChI=1S/C17H23NO4/c1-21-17(20)10-9-16(19)18-11-12-22-15(13-18)8-7-14-5-3-2-4-6-14/h2-6,15H,7-13H2,1H3. The Bertz CT molecular complexity index is 489. The number of methoxy groups -OCH3 is 1. The number of aryl methyl sites for hydroxylation is 1. The van der Waals surface area contributed by atoms with Crippen LogP contribution >= 0.6 is 0 Å². The van der Waals surface area contributed by atoms with Crippen LogP contribution in [0, 0.1) is 0 Å². The Kier molecular flexibility index (Phi) is 6.40. The molecular weight excluding hydrogens is 282 g/mol. The first-order valence-electron chi connectivity index (χ1n) is 7.69. The zero-order valence-electron chi connectivity index (χ0n) is 13.0. The van der Waals surface area contributed by atoms with Gasteiger partial charge in [0.05, 0.1) is 26.2 Å². The molecule has 1 amide bonds. The van der Waals surface area contributed by atoms with Crippen LogP contribution in [0.5, 0.6) is 0 Å². The van der Waals surface area contributed by atoms with E-state index in [0.29, 0.717) is 19.7 Å². The molecular formula is C17H23NO4. The average Bonchev–Trinajstić information content (AvgIpc) is 2.58. The molecule has 2 rings (SSSR count). The summed E-state index contributed by atoms with van der Waals surface area (Å²) in [6, 6.07) is 10.3. The smallest absolute Gasteiger partial charge is 0.306 e. The van der Waals surface area contributed by atoms with Crippen molar-refractivity contribution in [1.29, 1.82) is 0 Å². The van der Waals surface area contributed by atoms with E-state index in [0.717, 1.165) is 12.8 Å². The predicted octanol–water partition coefficient (Wildman–Crippen LogP) is 1.80. The van der Waals surface area contributed by atoms with Crippen LogP contribution in [0.1, 0.15) is 24.8 Å². The third-order valence-electron chi connectivity index (χ3n) is 3.86. The van der Waals surface area contributed by atoms with Crippen molar-refractivity contribution in [3.05, 3.63) is 35.9 Å². The fourth-order valence-corrected chi connectivity index (χ4v) is 2.56. The Morgan fingerprint density at radius 3 is 2.77 bits per heavy atom. The summed E-state index contributed by atoms with van der Waals surface area (Å²) in [5.74, 6) is -0.347. The van der Waals surface area contributed by atoms with E-state index in [2.05, 4.69) is 16.9 Å². The molecule has 5 heteroatoms. The predicted molar refractivity (Wildman–Crippen MR) is 82.3 cm³/mol. The van der Waals surface area contributed by atoms with Gasteiger partial charge in [-0.1, -0.05) is 30.3 Å². The molecule has 1 aliphatic heterocycles. The minimum absolute atomic E-state index is 0.00147. The summed E-state index contributed by atoms with van der Waals surface area (Å²) >= 11 is 0. The van der Waals surface area contributed by atoms with Crippen LogP contribution in [0.4, 0.5) is 0 Å². The van der Waals surface area contributed by atoms with E-state index in [1.54, 1.807) is 4.90 Å². The van der Waals surface area contributed by atoms with Gasteiger partial charge >= 0.3 is 5.97 Å². The van der Waals surface area contributed by atoms with Gasteiger partial charge in [-0.05, 0) is 18.4 Å². The second-order valence-corrected chi connectivity index (χ2v) is 5.43. The van der Waals surface area contributed by atoms with Crippen LogP contribution in [-0.2, 0) is 25.5 Å². The van der Waals surface area contributed by atoms with Crippen LogP contribution in [-0.4, -0.2) is 49.7 Å². The van der Waals surface area contributed by atoms with Gasteiger partial charge in [0.1, 0.15) is 0 Å². The minimum atomic E-state index is -0.345. The summed E-state index contributed by atoms with van der Waals surface area (Å²) in [6.07, 6.45) is 2.25. The zero-order chi connectivity index (χ0) is 15.8. The van der Waals surface area contributed by atoms with Gasteiger partial charge < -0.3 is 14.4 Å². The molecule has 0 N–H and O–H groups in total. The number of nitrogens with zero attached hydrogens (tertiary/aromatic N) is 1. The van der Waals surface area contributed by atoms with Gasteiger partial charge in [-0.3, -0.25) is 9.59 Å². The number of ether oxygens (including phenoxy) is 2. The van der Waals surface area contributed by atoms with Gasteiger partial charge in [0.25, 0.3) is 0 Å². The van der Waals surface area contributed by atoms with Crippen LogP contribution in [0.2, 0.25) is 0 Å². The Morgan fingerprint density at radius 1 is 1.27 bits per heavy atom. The first-order valence-corrected chi connectivity index (χ1v) is 7.69. The van der Waals surface area contributed by atoms with Crippen molar-refractivity contribution in [3.63, 3.8) is 0 Å². The highest BCUT2D eigenvalue weighted by atomic mass is 16.5. The van der Waals surface area contributed by atoms with Crippen molar-refractivity contribution in [2.45, 2.75) is 31.8 Å². The molecule has 0 aliphatic carbocycles. The SMILES string of the molecule is COC(=O)CCC(=O)N1CCOC(CCc2ccccc2)C1. The summed E-state index contributed by atoms with van der Waals surface area (Å²) in [5.41, 5.74) is 1.28. The van der Waals surface area contributed by atoms with Crippen molar-refractivity contribution < 1.29 is 19.1 Å². The van der Waals surface area contributed by atoms with E-state index in [9.17, 15) is 9.59 Å². The topological polar surface area (TPSA) is 55.8 Å². The van der Waals surface area contributed by atoms with E-state index in [1.807, 2.05) is 18.2 Å². The average molecular weight is 305 g/mol. The van der Waals surface area contributed by atoms with E-state index >= 15 is 0 Å².